The molecule has 0 atom stereocenters. The molecule has 10 nitrogen and oxygen atoms in total. The molecule has 0 aliphatic carbocycles. The highest BCUT2D eigenvalue weighted by molar-refractivity contribution is 6.07. The molecule has 3 heterocycles. The Morgan fingerprint density at radius 1 is 0.825 bits per heavy atom. The van der Waals surface area contributed by atoms with Gasteiger partial charge in [-0.15, -0.1) is 0 Å². The van der Waals surface area contributed by atoms with E-state index < -0.39 is 0 Å². The number of piperazine rings is 1. The van der Waals surface area contributed by atoms with Crippen LogP contribution in [0.25, 0.3) is 0 Å². The van der Waals surface area contributed by atoms with Gasteiger partial charge in [0.25, 0.3) is 17.7 Å². The molecule has 0 unspecified atom stereocenters. The van der Waals surface area contributed by atoms with Crippen LogP contribution in [0.15, 0.2) is 67.0 Å². The minimum Gasteiger partial charge on any atom is -0.366 e. The van der Waals surface area contributed by atoms with Crippen molar-refractivity contribution in [3.63, 3.8) is 0 Å². The van der Waals surface area contributed by atoms with Crippen LogP contribution in [0.4, 0.5) is 11.4 Å². The maximum atomic E-state index is 13.4. The van der Waals surface area contributed by atoms with Crippen LogP contribution in [0.2, 0.25) is 0 Å². The second kappa shape index (κ2) is 12.4. The number of anilines is 2. The van der Waals surface area contributed by atoms with E-state index in [1.807, 2.05) is 11.0 Å². The molecule has 2 aliphatic rings. The molecule has 2 aliphatic heterocycles. The van der Waals surface area contributed by atoms with E-state index in [0.717, 1.165) is 25.2 Å². The Morgan fingerprint density at radius 3 is 2.27 bits per heavy atom. The summed E-state index contributed by atoms with van der Waals surface area (Å²) in [7, 11) is 0. The van der Waals surface area contributed by atoms with E-state index in [0.29, 0.717) is 67.2 Å². The fourth-order valence-electron chi connectivity index (χ4n) is 4.99. The lowest BCUT2D eigenvalue weighted by Gasteiger charge is -2.37. The molecule has 0 spiro atoms. The molecule has 0 saturated carbocycles. The van der Waals surface area contributed by atoms with Gasteiger partial charge < -0.3 is 25.3 Å². The third kappa shape index (κ3) is 6.11. The molecule has 0 radical (unpaired) electrons. The van der Waals surface area contributed by atoms with Crippen molar-refractivity contribution in [3.05, 3.63) is 89.2 Å². The molecule has 2 aromatic carbocycles. The van der Waals surface area contributed by atoms with Gasteiger partial charge >= 0.3 is 0 Å². The average molecular weight is 538 g/mol. The molecule has 40 heavy (non-hydrogen) atoms. The van der Waals surface area contributed by atoms with E-state index in [1.165, 1.54) is 0 Å². The lowest BCUT2D eigenvalue weighted by Crippen LogP contribution is -2.49. The summed E-state index contributed by atoms with van der Waals surface area (Å²) in [5.74, 6) is -0.467. The third-order valence-electron chi connectivity index (χ3n) is 7.21. The number of nitrogens with zero attached hydrogens (tertiary/aromatic N) is 5. The van der Waals surface area contributed by atoms with Crippen molar-refractivity contribution in [1.29, 1.82) is 5.26 Å². The Hall–Kier alpha value is -4.75. The molecule has 5 rings (SSSR count). The number of carbonyl (C=O) groups excluding carboxylic acids is 3. The number of rotatable bonds is 5. The zero-order valence-electron chi connectivity index (χ0n) is 22.2. The SMILES string of the molecule is N#Cc1ccc(C(=O)Nc2cc(C(=O)N3CCCNCC3)ccc2N2CCN(C(=O)c3cccnc3)CC2)cc1. The van der Waals surface area contributed by atoms with Gasteiger partial charge in [-0.1, -0.05) is 0 Å². The second-order valence-electron chi connectivity index (χ2n) is 9.79. The van der Waals surface area contributed by atoms with Crippen LogP contribution < -0.4 is 15.5 Å². The number of aromatic nitrogens is 1. The van der Waals surface area contributed by atoms with Gasteiger partial charge in [0.15, 0.2) is 0 Å². The van der Waals surface area contributed by atoms with Crippen molar-refractivity contribution in [2.24, 2.45) is 0 Å². The van der Waals surface area contributed by atoms with E-state index in [1.54, 1.807) is 65.8 Å². The van der Waals surface area contributed by atoms with Crippen LogP contribution in [0.3, 0.4) is 0 Å². The van der Waals surface area contributed by atoms with Crippen molar-refractivity contribution in [1.82, 2.24) is 20.1 Å². The van der Waals surface area contributed by atoms with Crippen molar-refractivity contribution >= 4 is 29.1 Å². The van der Waals surface area contributed by atoms with Gasteiger partial charge in [0.1, 0.15) is 0 Å². The molecule has 2 saturated heterocycles. The smallest absolute Gasteiger partial charge is 0.255 e. The van der Waals surface area contributed by atoms with Crippen LogP contribution in [0, 0.1) is 11.3 Å². The largest absolute Gasteiger partial charge is 0.366 e. The van der Waals surface area contributed by atoms with Gasteiger partial charge in [-0.2, -0.15) is 5.26 Å². The summed E-state index contributed by atoms with van der Waals surface area (Å²) in [4.78, 5) is 49.3. The number of amides is 3. The molecule has 3 amide bonds. The van der Waals surface area contributed by atoms with Crippen LogP contribution >= 0.6 is 0 Å². The summed E-state index contributed by atoms with van der Waals surface area (Å²) in [6.45, 7) is 5.08. The number of pyridine rings is 1. The molecular weight excluding hydrogens is 506 g/mol. The summed E-state index contributed by atoms with van der Waals surface area (Å²) in [5.41, 5.74) is 3.25. The first-order valence-electron chi connectivity index (χ1n) is 13.4. The quantitative estimate of drug-likeness (QED) is 0.513. The number of carbonyl (C=O) groups is 3. The van der Waals surface area contributed by atoms with E-state index in [4.69, 9.17) is 5.26 Å². The Balaban J connectivity index is 1.37. The Labute approximate surface area is 233 Å². The van der Waals surface area contributed by atoms with Crippen molar-refractivity contribution in [2.45, 2.75) is 6.42 Å². The summed E-state index contributed by atoms with van der Waals surface area (Å²) in [6, 6.07) is 17.4. The Morgan fingerprint density at radius 2 is 1.55 bits per heavy atom. The first kappa shape index (κ1) is 26.8. The Bertz CT molecular complexity index is 1400. The lowest BCUT2D eigenvalue weighted by molar-refractivity contribution is 0.0743. The summed E-state index contributed by atoms with van der Waals surface area (Å²) >= 11 is 0. The van der Waals surface area contributed by atoms with E-state index >= 15 is 0 Å². The second-order valence-corrected chi connectivity index (χ2v) is 9.79. The number of hydrogen-bond donors (Lipinski definition) is 2. The predicted molar refractivity (Wildman–Crippen MR) is 151 cm³/mol. The number of benzene rings is 2. The molecule has 10 heteroatoms. The highest BCUT2D eigenvalue weighted by Gasteiger charge is 2.26. The first-order valence-corrected chi connectivity index (χ1v) is 13.4. The number of hydrogen-bond acceptors (Lipinski definition) is 7. The molecule has 2 fully saturated rings. The standard InChI is InChI=1S/C30H31N7O3/c31-20-22-4-6-23(7-5-22)28(38)34-26-19-24(29(39)36-13-2-11-32-12-14-36)8-9-27(26)35-15-17-37(18-16-35)30(40)25-3-1-10-33-21-25/h1,3-10,19,21,32H,2,11-18H2,(H,34,38). The number of nitrogens with one attached hydrogen (secondary N) is 2. The molecule has 2 N–H and O–H groups in total. The van der Waals surface area contributed by atoms with Gasteiger partial charge in [-0.25, -0.2) is 0 Å². The van der Waals surface area contributed by atoms with Crippen LogP contribution in [-0.2, 0) is 0 Å². The summed E-state index contributed by atoms with van der Waals surface area (Å²) in [6.07, 6.45) is 4.09. The molecule has 0 bridgehead atoms. The Kier molecular flexibility index (Phi) is 8.32. The zero-order chi connectivity index (χ0) is 27.9. The van der Waals surface area contributed by atoms with Crippen molar-refractivity contribution in [3.8, 4) is 6.07 Å². The van der Waals surface area contributed by atoms with Crippen LogP contribution in [-0.4, -0.2) is 84.9 Å². The van der Waals surface area contributed by atoms with Gasteiger partial charge in [-0.3, -0.25) is 19.4 Å². The molecule has 1 aromatic heterocycles. The third-order valence-corrected chi connectivity index (χ3v) is 7.21. The lowest BCUT2D eigenvalue weighted by atomic mass is 10.1. The number of nitriles is 1. The van der Waals surface area contributed by atoms with Gasteiger partial charge in [-0.05, 0) is 67.6 Å². The van der Waals surface area contributed by atoms with Crippen LogP contribution in [0.1, 0.15) is 43.1 Å². The van der Waals surface area contributed by atoms with Crippen molar-refractivity contribution in [2.75, 3.05) is 62.6 Å². The molecular formula is C30H31N7O3. The first-order chi connectivity index (χ1) is 19.5. The monoisotopic (exact) mass is 537 g/mol. The van der Waals surface area contributed by atoms with Gasteiger partial charge in [0.05, 0.1) is 28.6 Å². The minimum atomic E-state index is -0.334. The molecule has 3 aromatic rings. The maximum Gasteiger partial charge on any atom is 0.255 e. The normalized spacial score (nSPS) is 15.6. The van der Waals surface area contributed by atoms with Gasteiger partial charge in [0.2, 0.25) is 0 Å². The fraction of sp³-hybridized carbons (Fsp3) is 0.300. The zero-order valence-corrected chi connectivity index (χ0v) is 22.2. The summed E-state index contributed by atoms with van der Waals surface area (Å²) < 4.78 is 0. The molecule has 204 valence electrons. The fourth-order valence-corrected chi connectivity index (χ4v) is 4.99. The van der Waals surface area contributed by atoms with E-state index in [9.17, 15) is 14.4 Å². The van der Waals surface area contributed by atoms with Crippen LogP contribution in [0.5, 0.6) is 0 Å². The van der Waals surface area contributed by atoms with Gasteiger partial charge in [0, 0.05) is 69.3 Å². The minimum absolute atomic E-state index is 0.0602. The van der Waals surface area contributed by atoms with Crippen molar-refractivity contribution < 1.29 is 14.4 Å². The summed E-state index contributed by atoms with van der Waals surface area (Å²) in [5, 5.41) is 15.4. The van der Waals surface area contributed by atoms with E-state index in [-0.39, 0.29) is 17.7 Å². The predicted octanol–water partition coefficient (Wildman–Crippen LogP) is 2.60. The average Bonchev–Trinajstić information content (AvgIpc) is 3.31. The maximum absolute atomic E-state index is 13.4. The topological polar surface area (TPSA) is 122 Å². The van der Waals surface area contributed by atoms with E-state index in [2.05, 4.69) is 26.6 Å². The highest BCUT2D eigenvalue weighted by atomic mass is 16.2. The highest BCUT2D eigenvalue weighted by Crippen LogP contribution is 2.30.